The molecule has 1 saturated carbocycles. The van der Waals surface area contributed by atoms with Crippen molar-refractivity contribution in [3.05, 3.63) is 0 Å². The van der Waals surface area contributed by atoms with Gasteiger partial charge in [0.25, 0.3) is 0 Å². The molecular weight excluding hydrogens is 200 g/mol. The largest absolute Gasteiger partial charge is 0.354 e. The SMILES string of the molecule is CC(C)NC(=O)C(C)C1C2CC1CN(C)C2. The smallest absolute Gasteiger partial charge is 0.223 e. The predicted octanol–water partition coefficient (Wildman–Crippen LogP) is 1.34. The topological polar surface area (TPSA) is 32.3 Å². The van der Waals surface area contributed by atoms with E-state index in [1.54, 1.807) is 0 Å². The van der Waals surface area contributed by atoms with Crippen LogP contribution in [0.15, 0.2) is 0 Å². The van der Waals surface area contributed by atoms with Crippen LogP contribution in [-0.2, 0) is 4.79 Å². The molecule has 3 nitrogen and oxygen atoms in total. The van der Waals surface area contributed by atoms with Gasteiger partial charge in [-0.25, -0.2) is 0 Å². The van der Waals surface area contributed by atoms with E-state index in [0.29, 0.717) is 5.92 Å². The van der Waals surface area contributed by atoms with Crippen molar-refractivity contribution < 1.29 is 4.79 Å². The van der Waals surface area contributed by atoms with Crippen LogP contribution in [0.3, 0.4) is 0 Å². The molecule has 3 atom stereocenters. The Balaban J connectivity index is 1.91. The highest BCUT2D eigenvalue weighted by atomic mass is 16.1. The third-order valence-electron chi connectivity index (χ3n) is 4.21. The summed E-state index contributed by atoms with van der Waals surface area (Å²) in [6.07, 6.45) is 1.34. The highest BCUT2D eigenvalue weighted by Gasteiger charge is 2.49. The summed E-state index contributed by atoms with van der Waals surface area (Å²) in [4.78, 5) is 14.4. The van der Waals surface area contributed by atoms with Crippen LogP contribution in [-0.4, -0.2) is 37.0 Å². The van der Waals surface area contributed by atoms with Crippen LogP contribution in [0.5, 0.6) is 0 Å². The summed E-state index contributed by atoms with van der Waals surface area (Å²) < 4.78 is 0. The van der Waals surface area contributed by atoms with Crippen molar-refractivity contribution in [3.63, 3.8) is 0 Å². The van der Waals surface area contributed by atoms with Crippen molar-refractivity contribution in [1.82, 2.24) is 10.2 Å². The normalized spacial score (nSPS) is 35.7. The van der Waals surface area contributed by atoms with Crippen LogP contribution in [0.25, 0.3) is 0 Å². The third kappa shape index (κ3) is 2.10. The van der Waals surface area contributed by atoms with Crippen LogP contribution in [0.2, 0.25) is 0 Å². The molecular formula is C13H24N2O. The number of rotatable bonds is 3. The van der Waals surface area contributed by atoms with E-state index in [1.807, 2.05) is 13.8 Å². The maximum atomic E-state index is 12.0. The van der Waals surface area contributed by atoms with Gasteiger partial charge in [0.1, 0.15) is 0 Å². The fraction of sp³-hybridized carbons (Fsp3) is 0.923. The Morgan fingerprint density at radius 2 is 1.81 bits per heavy atom. The second-order valence-electron chi connectivity index (χ2n) is 6.01. The molecule has 0 aromatic rings. The molecule has 1 N–H and O–H groups in total. The lowest BCUT2D eigenvalue weighted by Gasteiger charge is -2.54. The lowest BCUT2D eigenvalue weighted by atomic mass is 9.57. The maximum absolute atomic E-state index is 12.0. The van der Waals surface area contributed by atoms with Gasteiger partial charge >= 0.3 is 0 Å². The van der Waals surface area contributed by atoms with Crippen molar-refractivity contribution in [2.24, 2.45) is 23.7 Å². The minimum absolute atomic E-state index is 0.194. The number of nitrogens with one attached hydrogen (secondary N) is 1. The van der Waals surface area contributed by atoms with Crippen molar-refractivity contribution in [2.75, 3.05) is 20.1 Å². The molecule has 0 radical (unpaired) electrons. The molecule has 0 aromatic carbocycles. The molecule has 3 fully saturated rings. The first kappa shape index (κ1) is 11.9. The van der Waals surface area contributed by atoms with E-state index in [1.165, 1.54) is 19.5 Å². The van der Waals surface area contributed by atoms with Crippen molar-refractivity contribution in [3.8, 4) is 0 Å². The first-order valence-electron chi connectivity index (χ1n) is 6.48. The maximum Gasteiger partial charge on any atom is 0.223 e. The molecule has 3 rings (SSSR count). The standard InChI is InChI=1S/C13H24N2O/c1-8(2)14-13(16)9(3)12-10-5-11(12)7-15(4)6-10/h8-12H,5-7H2,1-4H3,(H,14,16). The summed E-state index contributed by atoms with van der Waals surface area (Å²) >= 11 is 0. The zero-order valence-electron chi connectivity index (χ0n) is 10.9. The van der Waals surface area contributed by atoms with Crippen LogP contribution in [0, 0.1) is 23.7 Å². The van der Waals surface area contributed by atoms with E-state index >= 15 is 0 Å². The Morgan fingerprint density at radius 1 is 1.25 bits per heavy atom. The van der Waals surface area contributed by atoms with Crippen molar-refractivity contribution in [1.29, 1.82) is 0 Å². The summed E-state index contributed by atoms with van der Waals surface area (Å²) in [7, 11) is 2.19. The fourth-order valence-electron chi connectivity index (χ4n) is 3.57. The second kappa shape index (κ2) is 4.36. The highest BCUT2D eigenvalue weighted by Crippen LogP contribution is 2.48. The molecule has 2 saturated heterocycles. The molecule has 1 aliphatic carbocycles. The molecule has 2 heterocycles. The van der Waals surface area contributed by atoms with Crippen LogP contribution in [0.4, 0.5) is 0 Å². The Bertz CT molecular complexity index is 265. The van der Waals surface area contributed by atoms with E-state index in [-0.39, 0.29) is 17.9 Å². The summed E-state index contributed by atoms with van der Waals surface area (Å²) in [5, 5.41) is 3.04. The molecule has 0 spiro atoms. The number of nitrogens with zero attached hydrogens (tertiary/aromatic N) is 1. The average Bonchev–Trinajstić information content (AvgIpc) is 2.15. The number of carbonyl (C=O) groups is 1. The minimum Gasteiger partial charge on any atom is -0.354 e. The number of hydrogen-bond donors (Lipinski definition) is 1. The molecule has 3 aliphatic rings. The van der Waals surface area contributed by atoms with E-state index < -0.39 is 0 Å². The van der Waals surface area contributed by atoms with Gasteiger partial charge in [-0.15, -0.1) is 0 Å². The molecule has 2 aliphatic heterocycles. The van der Waals surface area contributed by atoms with Crippen LogP contribution in [0.1, 0.15) is 27.2 Å². The van der Waals surface area contributed by atoms with E-state index in [9.17, 15) is 4.79 Å². The van der Waals surface area contributed by atoms with Gasteiger partial charge in [0.05, 0.1) is 0 Å². The van der Waals surface area contributed by atoms with E-state index in [0.717, 1.165) is 11.8 Å². The van der Waals surface area contributed by atoms with Crippen molar-refractivity contribution >= 4 is 5.91 Å². The Morgan fingerprint density at radius 3 is 2.31 bits per heavy atom. The second-order valence-corrected chi connectivity index (χ2v) is 6.01. The summed E-state index contributed by atoms with van der Waals surface area (Å²) in [6.45, 7) is 8.52. The first-order chi connectivity index (χ1) is 7.49. The van der Waals surface area contributed by atoms with Crippen LogP contribution < -0.4 is 5.32 Å². The van der Waals surface area contributed by atoms with Gasteiger partial charge in [-0.1, -0.05) is 6.92 Å². The lowest BCUT2D eigenvalue weighted by molar-refractivity contribution is -0.135. The first-order valence-corrected chi connectivity index (χ1v) is 6.48. The van der Waals surface area contributed by atoms with Gasteiger partial charge in [0, 0.05) is 25.0 Å². The lowest BCUT2D eigenvalue weighted by Crippen LogP contribution is -2.58. The summed E-state index contributed by atoms with van der Waals surface area (Å²) in [5.74, 6) is 2.60. The van der Waals surface area contributed by atoms with Crippen molar-refractivity contribution in [2.45, 2.75) is 33.2 Å². The van der Waals surface area contributed by atoms with Crippen LogP contribution >= 0.6 is 0 Å². The molecule has 2 bridgehead atoms. The Kier molecular flexibility index (Phi) is 3.24. The van der Waals surface area contributed by atoms with Gasteiger partial charge in [0.15, 0.2) is 0 Å². The molecule has 0 aromatic heterocycles. The molecule has 92 valence electrons. The average molecular weight is 224 g/mol. The zero-order chi connectivity index (χ0) is 11.9. The predicted molar refractivity (Wildman–Crippen MR) is 65.0 cm³/mol. The fourth-order valence-corrected chi connectivity index (χ4v) is 3.57. The van der Waals surface area contributed by atoms with Gasteiger partial charge in [-0.3, -0.25) is 4.79 Å². The van der Waals surface area contributed by atoms with Gasteiger partial charge in [-0.2, -0.15) is 0 Å². The van der Waals surface area contributed by atoms with Gasteiger partial charge < -0.3 is 10.2 Å². The number of piperidine rings is 2. The third-order valence-corrected chi connectivity index (χ3v) is 4.21. The summed E-state index contributed by atoms with van der Waals surface area (Å²) in [5.41, 5.74) is 0. The Labute approximate surface area is 98.6 Å². The number of fused-ring (bicyclic) bond motifs is 2. The molecule has 16 heavy (non-hydrogen) atoms. The number of hydrogen-bond acceptors (Lipinski definition) is 2. The quantitative estimate of drug-likeness (QED) is 0.784. The van der Waals surface area contributed by atoms with E-state index in [4.69, 9.17) is 0 Å². The summed E-state index contributed by atoms with van der Waals surface area (Å²) in [6, 6.07) is 0.262. The monoisotopic (exact) mass is 224 g/mol. The molecule has 3 unspecified atom stereocenters. The number of carbonyl (C=O) groups excluding carboxylic acids is 1. The molecule has 1 amide bonds. The Hall–Kier alpha value is -0.570. The zero-order valence-corrected chi connectivity index (χ0v) is 10.9. The van der Waals surface area contributed by atoms with Gasteiger partial charge in [0.2, 0.25) is 5.91 Å². The van der Waals surface area contributed by atoms with E-state index in [2.05, 4.69) is 24.2 Å². The number of amides is 1. The van der Waals surface area contributed by atoms with Gasteiger partial charge in [-0.05, 0) is 45.1 Å². The molecule has 3 heteroatoms. The minimum atomic E-state index is 0.194. The highest BCUT2D eigenvalue weighted by molar-refractivity contribution is 5.79.